The van der Waals surface area contributed by atoms with Gasteiger partial charge in [-0.2, -0.15) is 4.98 Å². The molecule has 130 valence electrons. The Balaban J connectivity index is 1.50. The van der Waals surface area contributed by atoms with Crippen LogP contribution in [0.15, 0.2) is 42.6 Å². The Morgan fingerprint density at radius 3 is 2.88 bits per heavy atom. The Bertz CT molecular complexity index is 847. The van der Waals surface area contributed by atoms with Crippen molar-refractivity contribution in [1.82, 2.24) is 19.9 Å². The van der Waals surface area contributed by atoms with Gasteiger partial charge in [0.2, 0.25) is 5.28 Å². The number of aromatic nitrogens is 3. The number of halogens is 1. The molecular formula is C19H22ClN5. The fourth-order valence-corrected chi connectivity index (χ4v) is 3.72. The molecule has 25 heavy (non-hydrogen) atoms. The van der Waals surface area contributed by atoms with Crippen molar-refractivity contribution in [3.05, 3.63) is 53.4 Å². The highest BCUT2D eigenvalue weighted by molar-refractivity contribution is 6.28. The average Bonchev–Trinajstić information content (AvgIpc) is 3.07. The van der Waals surface area contributed by atoms with Crippen LogP contribution in [-0.4, -0.2) is 38.5 Å². The van der Waals surface area contributed by atoms with Crippen LogP contribution in [0.1, 0.15) is 25.3 Å². The molecule has 6 heteroatoms. The van der Waals surface area contributed by atoms with Crippen molar-refractivity contribution in [3.8, 4) is 0 Å². The van der Waals surface area contributed by atoms with Gasteiger partial charge in [0.05, 0.1) is 5.39 Å². The van der Waals surface area contributed by atoms with Gasteiger partial charge in [0.25, 0.3) is 0 Å². The monoisotopic (exact) mass is 355 g/mol. The topological polar surface area (TPSA) is 56.8 Å². The van der Waals surface area contributed by atoms with Crippen molar-refractivity contribution in [2.75, 3.05) is 11.9 Å². The molecule has 1 aromatic carbocycles. The maximum atomic E-state index is 6.06. The molecule has 3 heterocycles. The van der Waals surface area contributed by atoms with E-state index in [0.29, 0.717) is 12.1 Å². The SMILES string of the molecule is C[C@H]1CC[C@@H](Nc2nc(Cl)nc3[nH]ccc23)CN1Cc1ccccc1. The van der Waals surface area contributed by atoms with Gasteiger partial charge in [-0.25, -0.2) is 4.98 Å². The first-order valence-electron chi connectivity index (χ1n) is 8.74. The highest BCUT2D eigenvalue weighted by Crippen LogP contribution is 2.26. The molecule has 0 amide bonds. The molecule has 2 aromatic heterocycles. The molecule has 1 saturated heterocycles. The fourth-order valence-electron chi connectivity index (χ4n) is 3.55. The summed E-state index contributed by atoms with van der Waals surface area (Å²) in [6, 6.07) is 13.6. The smallest absolute Gasteiger partial charge is 0.226 e. The van der Waals surface area contributed by atoms with E-state index in [1.54, 1.807) is 0 Å². The third kappa shape index (κ3) is 3.62. The van der Waals surface area contributed by atoms with Crippen LogP contribution in [0.2, 0.25) is 5.28 Å². The highest BCUT2D eigenvalue weighted by Gasteiger charge is 2.26. The third-order valence-electron chi connectivity index (χ3n) is 4.97. The lowest BCUT2D eigenvalue weighted by molar-refractivity contribution is 0.143. The Kier molecular flexibility index (Phi) is 4.59. The molecule has 1 fully saturated rings. The maximum absolute atomic E-state index is 6.06. The summed E-state index contributed by atoms with van der Waals surface area (Å²) in [7, 11) is 0. The van der Waals surface area contributed by atoms with Crippen molar-refractivity contribution in [2.24, 2.45) is 0 Å². The second-order valence-corrected chi connectivity index (χ2v) is 7.10. The number of anilines is 1. The number of aromatic amines is 1. The summed E-state index contributed by atoms with van der Waals surface area (Å²) in [5.41, 5.74) is 2.13. The van der Waals surface area contributed by atoms with Crippen LogP contribution in [-0.2, 0) is 6.54 Å². The number of benzene rings is 1. The van der Waals surface area contributed by atoms with Crippen molar-refractivity contribution >= 4 is 28.5 Å². The van der Waals surface area contributed by atoms with Gasteiger partial charge >= 0.3 is 0 Å². The van der Waals surface area contributed by atoms with E-state index >= 15 is 0 Å². The van der Waals surface area contributed by atoms with E-state index in [2.05, 4.69) is 62.4 Å². The van der Waals surface area contributed by atoms with Crippen LogP contribution in [0.5, 0.6) is 0 Å². The lowest BCUT2D eigenvalue weighted by atomic mass is 9.98. The minimum absolute atomic E-state index is 0.266. The lowest BCUT2D eigenvalue weighted by Crippen LogP contribution is -2.46. The number of nitrogens with zero attached hydrogens (tertiary/aromatic N) is 3. The van der Waals surface area contributed by atoms with E-state index in [0.717, 1.165) is 36.4 Å². The molecule has 4 rings (SSSR count). The van der Waals surface area contributed by atoms with Crippen LogP contribution >= 0.6 is 11.6 Å². The number of fused-ring (bicyclic) bond motifs is 1. The first kappa shape index (κ1) is 16.4. The summed E-state index contributed by atoms with van der Waals surface area (Å²) in [6.07, 6.45) is 4.16. The lowest BCUT2D eigenvalue weighted by Gasteiger charge is -2.38. The summed E-state index contributed by atoms with van der Waals surface area (Å²) in [5, 5.41) is 4.84. The minimum atomic E-state index is 0.266. The molecule has 3 aromatic rings. The molecule has 1 aliphatic heterocycles. The standard InChI is InChI=1S/C19H22ClN5/c1-13-7-8-15(12-25(13)11-14-5-3-2-4-6-14)22-18-16-9-10-21-17(16)23-19(20)24-18/h2-6,9-10,13,15H,7-8,11-12H2,1H3,(H2,21,22,23,24)/t13-,15+/m0/s1. The first-order chi connectivity index (χ1) is 12.2. The van der Waals surface area contributed by atoms with E-state index in [9.17, 15) is 0 Å². The van der Waals surface area contributed by atoms with Gasteiger partial charge < -0.3 is 10.3 Å². The molecule has 2 N–H and O–H groups in total. The number of nitrogens with one attached hydrogen (secondary N) is 2. The number of hydrogen-bond acceptors (Lipinski definition) is 4. The summed E-state index contributed by atoms with van der Waals surface area (Å²) in [5.74, 6) is 0.815. The number of rotatable bonds is 4. The Morgan fingerprint density at radius 1 is 1.20 bits per heavy atom. The van der Waals surface area contributed by atoms with Gasteiger partial charge in [0, 0.05) is 31.4 Å². The molecule has 0 aliphatic carbocycles. The second kappa shape index (κ2) is 7.02. The number of hydrogen-bond donors (Lipinski definition) is 2. The van der Waals surface area contributed by atoms with E-state index in [-0.39, 0.29) is 5.28 Å². The molecule has 1 aliphatic rings. The molecule has 0 saturated carbocycles. The van der Waals surface area contributed by atoms with Crippen LogP contribution in [0.3, 0.4) is 0 Å². The molecule has 0 spiro atoms. The quantitative estimate of drug-likeness (QED) is 0.692. The Hall–Kier alpha value is -2.11. The first-order valence-corrected chi connectivity index (χ1v) is 9.12. The number of likely N-dealkylation sites (tertiary alicyclic amines) is 1. The Labute approximate surface area is 152 Å². The average molecular weight is 356 g/mol. The normalized spacial score (nSPS) is 21.5. The van der Waals surface area contributed by atoms with Gasteiger partial charge in [0.15, 0.2) is 0 Å². The van der Waals surface area contributed by atoms with E-state index < -0.39 is 0 Å². The van der Waals surface area contributed by atoms with E-state index in [1.807, 2.05) is 12.3 Å². The zero-order chi connectivity index (χ0) is 17.2. The Morgan fingerprint density at radius 2 is 2.04 bits per heavy atom. The van der Waals surface area contributed by atoms with E-state index in [1.165, 1.54) is 12.0 Å². The van der Waals surface area contributed by atoms with Crippen LogP contribution in [0, 0.1) is 0 Å². The van der Waals surface area contributed by atoms with Crippen molar-refractivity contribution in [3.63, 3.8) is 0 Å². The van der Waals surface area contributed by atoms with Gasteiger partial charge in [-0.3, -0.25) is 4.90 Å². The van der Waals surface area contributed by atoms with Gasteiger partial charge in [-0.05, 0) is 43.0 Å². The zero-order valence-corrected chi connectivity index (χ0v) is 15.0. The van der Waals surface area contributed by atoms with Crippen molar-refractivity contribution in [1.29, 1.82) is 0 Å². The molecule has 5 nitrogen and oxygen atoms in total. The zero-order valence-electron chi connectivity index (χ0n) is 14.2. The summed E-state index contributed by atoms with van der Waals surface area (Å²) < 4.78 is 0. The molecule has 0 bridgehead atoms. The summed E-state index contributed by atoms with van der Waals surface area (Å²) in [4.78, 5) is 14.3. The predicted octanol–water partition coefficient (Wildman–Crippen LogP) is 4.08. The largest absolute Gasteiger partial charge is 0.365 e. The van der Waals surface area contributed by atoms with E-state index in [4.69, 9.17) is 11.6 Å². The minimum Gasteiger partial charge on any atom is -0.365 e. The van der Waals surface area contributed by atoms with Crippen molar-refractivity contribution in [2.45, 2.75) is 38.4 Å². The molecule has 0 radical (unpaired) electrons. The fraction of sp³-hybridized carbons (Fsp3) is 0.368. The summed E-state index contributed by atoms with van der Waals surface area (Å²) in [6.45, 7) is 4.28. The van der Waals surface area contributed by atoms with Crippen LogP contribution in [0.4, 0.5) is 5.82 Å². The van der Waals surface area contributed by atoms with Gasteiger partial charge in [-0.15, -0.1) is 0 Å². The summed E-state index contributed by atoms with van der Waals surface area (Å²) >= 11 is 6.06. The van der Waals surface area contributed by atoms with Crippen LogP contribution in [0.25, 0.3) is 11.0 Å². The second-order valence-electron chi connectivity index (χ2n) is 6.76. The molecule has 0 unspecified atom stereocenters. The van der Waals surface area contributed by atoms with Gasteiger partial charge in [0.1, 0.15) is 11.5 Å². The predicted molar refractivity (Wildman–Crippen MR) is 102 cm³/mol. The molecular weight excluding hydrogens is 334 g/mol. The third-order valence-corrected chi connectivity index (χ3v) is 5.14. The maximum Gasteiger partial charge on any atom is 0.226 e. The highest BCUT2D eigenvalue weighted by atomic mass is 35.5. The number of piperidine rings is 1. The number of H-pyrrole nitrogens is 1. The van der Waals surface area contributed by atoms with Gasteiger partial charge in [-0.1, -0.05) is 30.3 Å². The van der Waals surface area contributed by atoms with Crippen molar-refractivity contribution < 1.29 is 0 Å². The molecule has 2 atom stereocenters. The van der Waals surface area contributed by atoms with Crippen LogP contribution < -0.4 is 5.32 Å².